The molecular formula is C44H52FN7O5S2. The summed E-state index contributed by atoms with van der Waals surface area (Å²) >= 11 is -0.0366. The van der Waals surface area contributed by atoms with Crippen molar-refractivity contribution >= 4 is 63.1 Å². The minimum absolute atomic E-state index is 0.0924. The number of halogens is 1. The molecule has 3 amide bonds. The monoisotopic (exact) mass is 841 g/mol. The minimum atomic E-state index is -1.79. The van der Waals surface area contributed by atoms with Crippen LogP contribution in [0.25, 0.3) is 22.2 Å². The van der Waals surface area contributed by atoms with Gasteiger partial charge in [0.25, 0.3) is 5.91 Å². The van der Waals surface area contributed by atoms with E-state index >= 15 is 4.39 Å². The fraction of sp³-hybridized carbons (Fsp3) is 0.432. The van der Waals surface area contributed by atoms with Crippen molar-refractivity contribution < 1.29 is 27.7 Å². The Morgan fingerprint density at radius 1 is 0.915 bits per heavy atom. The fourth-order valence-electron chi connectivity index (χ4n) is 8.87. The van der Waals surface area contributed by atoms with Crippen molar-refractivity contribution in [1.29, 1.82) is 0 Å². The van der Waals surface area contributed by atoms with E-state index in [1.165, 1.54) is 10.4 Å². The Kier molecular flexibility index (Phi) is 12.7. The van der Waals surface area contributed by atoms with E-state index in [1.54, 1.807) is 55.4 Å². The number of piperazine rings is 1. The van der Waals surface area contributed by atoms with E-state index in [4.69, 9.17) is 4.74 Å². The molecule has 1 saturated carbocycles. The van der Waals surface area contributed by atoms with E-state index in [-0.39, 0.29) is 37.4 Å². The maximum Gasteiger partial charge on any atom is 0.264 e. The van der Waals surface area contributed by atoms with Crippen molar-refractivity contribution in [1.82, 2.24) is 23.2 Å². The Hall–Kier alpha value is -4.70. The summed E-state index contributed by atoms with van der Waals surface area (Å²) < 4.78 is 44.5. The normalized spacial score (nSPS) is 21.1. The standard InChI is InChI=1S/C44H52FN7O5S2/c1-48-19-7-6-18-46-40(53)28-52-39-26-31(44(55)47-59(48)56)12-15-36(39)42(30-9-4-3-5-10-30)43(52)35-16-14-34(27-37(35)45)57-29-32-25-33(51-20-8-11-41(51)54)13-17-38(32)49-21-23-50(58-2)24-22-49/h6-7,12-17,25-27,30H,3-5,8-11,18-24,28-29H2,1-2H3,(H,46,53)(H,47,55)/b7-6-. The number of hydrogen-bond donors (Lipinski definition) is 2. The molecular weight excluding hydrogens is 790 g/mol. The number of nitrogens with zero attached hydrogens (tertiary/aromatic N) is 5. The van der Waals surface area contributed by atoms with Gasteiger partial charge in [-0.3, -0.25) is 19.1 Å². The average Bonchev–Trinajstić information content (AvgIpc) is 3.82. The Labute approximate surface area is 351 Å². The van der Waals surface area contributed by atoms with Crippen LogP contribution in [0, 0.1) is 5.82 Å². The van der Waals surface area contributed by atoms with Crippen molar-refractivity contribution in [3.05, 3.63) is 89.3 Å². The van der Waals surface area contributed by atoms with E-state index < -0.39 is 22.9 Å². The van der Waals surface area contributed by atoms with E-state index in [0.29, 0.717) is 47.6 Å². The van der Waals surface area contributed by atoms with Crippen molar-refractivity contribution in [2.24, 2.45) is 0 Å². The predicted octanol–water partition coefficient (Wildman–Crippen LogP) is 6.53. The van der Waals surface area contributed by atoms with Gasteiger partial charge in [-0.25, -0.2) is 17.2 Å². The molecule has 2 N–H and O–H groups in total. The first kappa shape index (κ1) is 41.1. The molecule has 15 heteroatoms. The van der Waals surface area contributed by atoms with E-state index in [2.05, 4.69) is 31.6 Å². The molecule has 3 aliphatic heterocycles. The molecule has 1 aromatic heterocycles. The van der Waals surface area contributed by atoms with E-state index in [1.807, 2.05) is 27.7 Å². The summed E-state index contributed by atoms with van der Waals surface area (Å²) in [7, 11) is 1.64. The molecule has 0 radical (unpaired) electrons. The van der Waals surface area contributed by atoms with Gasteiger partial charge in [0.2, 0.25) is 11.8 Å². The zero-order valence-electron chi connectivity index (χ0n) is 33.7. The number of hydrogen-bond acceptors (Lipinski definition) is 8. The summed E-state index contributed by atoms with van der Waals surface area (Å²) in [5.74, 6) is -0.650. The lowest BCUT2D eigenvalue weighted by atomic mass is 9.81. The molecule has 4 aliphatic rings. The zero-order valence-corrected chi connectivity index (χ0v) is 35.3. The second-order valence-electron chi connectivity index (χ2n) is 15.7. The number of ether oxygens (including phenoxy) is 1. The maximum atomic E-state index is 16.9. The van der Waals surface area contributed by atoms with Gasteiger partial charge >= 0.3 is 0 Å². The first-order chi connectivity index (χ1) is 28.7. The molecule has 3 fully saturated rings. The van der Waals surface area contributed by atoms with Gasteiger partial charge in [-0.15, -0.1) is 0 Å². The number of likely N-dealkylation sites (N-methyl/N-ethyl adjacent to an activating group) is 1. The van der Waals surface area contributed by atoms with Crippen molar-refractivity contribution in [2.75, 3.05) is 68.9 Å². The van der Waals surface area contributed by atoms with Gasteiger partial charge in [0.1, 0.15) is 24.7 Å². The van der Waals surface area contributed by atoms with Crippen LogP contribution in [0.1, 0.15) is 72.3 Å². The molecule has 12 nitrogen and oxygen atoms in total. The first-order valence-electron chi connectivity index (χ1n) is 20.6. The number of carbonyl (C=O) groups is 3. The third-order valence-electron chi connectivity index (χ3n) is 12.0. The highest BCUT2D eigenvalue weighted by Gasteiger charge is 2.30. The molecule has 0 spiro atoms. The lowest BCUT2D eigenvalue weighted by Gasteiger charge is -2.36. The third-order valence-corrected chi connectivity index (χ3v) is 13.9. The molecule has 8 rings (SSSR count). The van der Waals surface area contributed by atoms with Crippen LogP contribution in [0.3, 0.4) is 0 Å². The van der Waals surface area contributed by atoms with Gasteiger partial charge in [-0.05, 0) is 79.5 Å². The molecule has 4 aromatic rings. The van der Waals surface area contributed by atoms with E-state index in [0.717, 1.165) is 92.6 Å². The van der Waals surface area contributed by atoms with Crippen LogP contribution in [0.4, 0.5) is 15.8 Å². The molecule has 4 heterocycles. The number of fused-ring (bicyclic) bond motifs is 1. The minimum Gasteiger partial charge on any atom is -0.489 e. The van der Waals surface area contributed by atoms with Crippen LogP contribution in [-0.4, -0.2) is 94.2 Å². The van der Waals surface area contributed by atoms with Crippen molar-refractivity contribution in [3.63, 3.8) is 0 Å². The number of benzene rings is 3. The average molecular weight is 842 g/mol. The van der Waals surface area contributed by atoms with Crippen LogP contribution in [0.15, 0.2) is 66.7 Å². The smallest absolute Gasteiger partial charge is 0.264 e. The van der Waals surface area contributed by atoms with E-state index in [9.17, 15) is 18.6 Å². The molecule has 3 aromatic carbocycles. The molecule has 312 valence electrons. The maximum absolute atomic E-state index is 16.9. The topological polar surface area (TPSA) is 119 Å². The lowest BCUT2D eigenvalue weighted by molar-refractivity contribution is -0.121. The van der Waals surface area contributed by atoms with Gasteiger partial charge in [0.15, 0.2) is 11.2 Å². The molecule has 1 atom stereocenters. The largest absolute Gasteiger partial charge is 0.489 e. The Balaban J connectivity index is 1.16. The van der Waals surface area contributed by atoms with Crippen molar-refractivity contribution in [2.45, 2.75) is 64.0 Å². The third kappa shape index (κ3) is 8.93. The Morgan fingerprint density at radius 3 is 2.47 bits per heavy atom. The highest BCUT2D eigenvalue weighted by Crippen LogP contribution is 2.45. The van der Waals surface area contributed by atoms with Crippen LogP contribution < -0.4 is 24.6 Å². The van der Waals surface area contributed by atoms with Crippen molar-refractivity contribution in [3.8, 4) is 17.0 Å². The van der Waals surface area contributed by atoms with Gasteiger partial charge < -0.3 is 24.4 Å². The van der Waals surface area contributed by atoms with Gasteiger partial charge in [-0.1, -0.05) is 49.4 Å². The quantitative estimate of drug-likeness (QED) is 0.152. The number of aromatic nitrogens is 1. The summed E-state index contributed by atoms with van der Waals surface area (Å²) in [6, 6.07) is 16.4. The number of carbonyl (C=O) groups excluding carboxylic acids is 3. The van der Waals surface area contributed by atoms with Gasteiger partial charge in [-0.2, -0.15) is 0 Å². The number of anilines is 2. The highest BCUT2D eigenvalue weighted by molar-refractivity contribution is 7.96. The van der Waals surface area contributed by atoms with Crippen LogP contribution in [0.2, 0.25) is 0 Å². The molecule has 1 aliphatic carbocycles. The molecule has 2 bridgehead atoms. The van der Waals surface area contributed by atoms with Gasteiger partial charge in [0.05, 0.1) is 11.2 Å². The fourth-order valence-corrected chi connectivity index (χ4v) is 10.1. The van der Waals surface area contributed by atoms with Crippen LogP contribution >= 0.6 is 11.9 Å². The number of nitrogens with one attached hydrogen (secondary N) is 2. The molecule has 59 heavy (non-hydrogen) atoms. The number of amides is 3. The summed E-state index contributed by atoms with van der Waals surface area (Å²) in [5, 5.41) is 3.81. The molecule has 1 unspecified atom stereocenters. The summed E-state index contributed by atoms with van der Waals surface area (Å²) in [4.78, 5) is 44.0. The lowest BCUT2D eigenvalue weighted by Crippen LogP contribution is -2.43. The van der Waals surface area contributed by atoms with Crippen LogP contribution in [-0.2, 0) is 33.9 Å². The summed E-state index contributed by atoms with van der Waals surface area (Å²) in [5.41, 5.74) is 5.66. The number of rotatable bonds is 8. The SMILES string of the molecule is CSN1CCN(c2ccc(N3CCCC3=O)cc2COc2ccc(-c3c(C4CCCCC4)c4ccc5cc4n3CC(=O)NC/C=C\CN(C)S(=O)NC5=O)c(F)c2)CC1. The van der Waals surface area contributed by atoms with Crippen LogP contribution in [0.5, 0.6) is 5.75 Å². The predicted molar refractivity (Wildman–Crippen MR) is 233 cm³/mol. The Bertz CT molecular complexity index is 2280. The molecule has 2 saturated heterocycles. The summed E-state index contributed by atoms with van der Waals surface area (Å²) in [6.45, 7) is 4.89. The highest BCUT2D eigenvalue weighted by atomic mass is 32.2. The zero-order chi connectivity index (χ0) is 41.0. The summed E-state index contributed by atoms with van der Waals surface area (Å²) in [6.07, 6.45) is 12.1. The first-order valence-corrected chi connectivity index (χ1v) is 22.9. The second kappa shape index (κ2) is 18.3. The van der Waals surface area contributed by atoms with Gasteiger partial charge in [0, 0.05) is 98.8 Å². The second-order valence-corrected chi connectivity index (χ2v) is 17.9. The Morgan fingerprint density at radius 2 is 1.73 bits per heavy atom.